The molecule has 1 aliphatic rings. The van der Waals surface area contributed by atoms with Crippen LogP contribution in [-0.4, -0.2) is 49.5 Å². The number of hydrogen-bond acceptors (Lipinski definition) is 6. The first-order valence-corrected chi connectivity index (χ1v) is 10.9. The quantitative estimate of drug-likeness (QED) is 0.634. The first kappa shape index (κ1) is 20.6. The predicted molar refractivity (Wildman–Crippen MR) is 110 cm³/mol. The SMILES string of the molecule is O=C(Cn1c(=O)oc2cc(S(=O)(=O)N3CCOCC3)ccc21)Nc1ccc(Cl)cc1. The number of anilines is 1. The lowest BCUT2D eigenvalue weighted by molar-refractivity contribution is -0.116. The molecule has 3 aromatic rings. The number of oxazole rings is 1. The van der Waals surface area contributed by atoms with Gasteiger partial charge in [-0.05, 0) is 36.4 Å². The van der Waals surface area contributed by atoms with Crippen molar-refractivity contribution in [1.82, 2.24) is 8.87 Å². The summed E-state index contributed by atoms with van der Waals surface area (Å²) in [5.41, 5.74) is 0.949. The number of benzene rings is 2. The number of aromatic nitrogens is 1. The number of hydrogen-bond donors (Lipinski definition) is 1. The van der Waals surface area contributed by atoms with Crippen LogP contribution >= 0.6 is 11.6 Å². The van der Waals surface area contributed by atoms with Crippen molar-refractivity contribution in [3.8, 4) is 0 Å². The van der Waals surface area contributed by atoms with E-state index in [2.05, 4.69) is 5.32 Å². The van der Waals surface area contributed by atoms with Crippen molar-refractivity contribution in [2.45, 2.75) is 11.4 Å². The molecule has 0 unspecified atom stereocenters. The van der Waals surface area contributed by atoms with E-state index < -0.39 is 21.7 Å². The Morgan fingerprint density at radius 1 is 1.10 bits per heavy atom. The van der Waals surface area contributed by atoms with Crippen LogP contribution in [0.3, 0.4) is 0 Å². The van der Waals surface area contributed by atoms with E-state index >= 15 is 0 Å². The minimum absolute atomic E-state index is 0.0171. The molecule has 4 rings (SSSR count). The summed E-state index contributed by atoms with van der Waals surface area (Å²) in [6.45, 7) is 0.891. The molecular weight excluding hydrogens is 434 g/mol. The molecule has 1 amide bonds. The number of sulfonamides is 1. The van der Waals surface area contributed by atoms with Crippen LogP contribution in [0, 0.1) is 0 Å². The summed E-state index contributed by atoms with van der Waals surface area (Å²) in [4.78, 5) is 24.6. The number of morpholine rings is 1. The van der Waals surface area contributed by atoms with Gasteiger partial charge >= 0.3 is 5.76 Å². The van der Waals surface area contributed by atoms with Gasteiger partial charge in [0.25, 0.3) is 0 Å². The van der Waals surface area contributed by atoms with E-state index in [9.17, 15) is 18.0 Å². The maximum absolute atomic E-state index is 12.8. The number of carbonyl (C=O) groups is 1. The number of ether oxygens (including phenoxy) is 1. The van der Waals surface area contributed by atoms with E-state index in [0.717, 1.165) is 4.57 Å². The molecule has 1 fully saturated rings. The molecule has 158 valence electrons. The topological polar surface area (TPSA) is 111 Å². The van der Waals surface area contributed by atoms with E-state index in [1.54, 1.807) is 24.3 Å². The molecule has 11 heteroatoms. The van der Waals surface area contributed by atoms with Gasteiger partial charge in [0.15, 0.2) is 5.58 Å². The number of amides is 1. The second-order valence-electron chi connectivity index (χ2n) is 6.66. The van der Waals surface area contributed by atoms with Gasteiger partial charge in [-0.15, -0.1) is 0 Å². The summed E-state index contributed by atoms with van der Waals surface area (Å²) in [6, 6.07) is 10.7. The molecule has 1 aromatic heterocycles. The van der Waals surface area contributed by atoms with Gasteiger partial charge in [0, 0.05) is 29.9 Å². The Hall–Kier alpha value is -2.66. The molecule has 9 nitrogen and oxygen atoms in total. The average Bonchev–Trinajstić information content (AvgIpc) is 3.04. The van der Waals surface area contributed by atoms with E-state index in [0.29, 0.717) is 29.4 Å². The highest BCUT2D eigenvalue weighted by Gasteiger charge is 2.27. The maximum Gasteiger partial charge on any atom is 0.420 e. The lowest BCUT2D eigenvalue weighted by atomic mass is 10.3. The lowest BCUT2D eigenvalue weighted by Gasteiger charge is -2.25. The molecule has 0 bridgehead atoms. The second-order valence-corrected chi connectivity index (χ2v) is 9.03. The largest absolute Gasteiger partial charge is 0.420 e. The molecule has 0 atom stereocenters. The van der Waals surface area contributed by atoms with Gasteiger partial charge in [-0.25, -0.2) is 13.2 Å². The van der Waals surface area contributed by atoms with Crippen LogP contribution in [0.25, 0.3) is 11.1 Å². The Bertz CT molecular complexity index is 1240. The highest BCUT2D eigenvalue weighted by atomic mass is 35.5. The summed E-state index contributed by atoms with van der Waals surface area (Å²) in [7, 11) is -3.73. The lowest BCUT2D eigenvalue weighted by Crippen LogP contribution is -2.40. The molecule has 30 heavy (non-hydrogen) atoms. The van der Waals surface area contributed by atoms with Gasteiger partial charge < -0.3 is 14.5 Å². The van der Waals surface area contributed by atoms with E-state index in [1.165, 1.54) is 22.5 Å². The van der Waals surface area contributed by atoms with E-state index in [1.807, 2.05) is 0 Å². The Kier molecular flexibility index (Phi) is 5.65. The summed E-state index contributed by atoms with van der Waals surface area (Å²) in [6.07, 6.45) is 0. The standard InChI is InChI=1S/C19H18ClN3O6S/c20-13-1-3-14(4-2-13)21-18(24)12-23-16-6-5-15(11-17(16)29-19(23)25)30(26,27)22-7-9-28-10-8-22/h1-6,11H,7-10,12H2,(H,21,24). The van der Waals surface area contributed by atoms with Gasteiger partial charge in [-0.2, -0.15) is 4.31 Å². The first-order valence-electron chi connectivity index (χ1n) is 9.11. The van der Waals surface area contributed by atoms with Crippen LogP contribution in [0.5, 0.6) is 0 Å². The molecule has 2 aromatic carbocycles. The molecule has 1 saturated heterocycles. The van der Waals surface area contributed by atoms with Crippen molar-refractivity contribution in [2.75, 3.05) is 31.6 Å². The number of halogens is 1. The van der Waals surface area contributed by atoms with Crippen molar-refractivity contribution < 1.29 is 22.4 Å². The van der Waals surface area contributed by atoms with Gasteiger partial charge in [-0.1, -0.05) is 11.6 Å². The molecule has 0 spiro atoms. The Morgan fingerprint density at radius 2 is 1.80 bits per heavy atom. The molecule has 0 radical (unpaired) electrons. The highest BCUT2D eigenvalue weighted by Crippen LogP contribution is 2.22. The third-order valence-electron chi connectivity index (χ3n) is 4.68. The molecule has 0 saturated carbocycles. The summed E-state index contributed by atoms with van der Waals surface area (Å²) >= 11 is 5.82. The first-order chi connectivity index (χ1) is 14.3. The number of nitrogens with one attached hydrogen (secondary N) is 1. The zero-order chi connectivity index (χ0) is 21.3. The number of nitrogens with zero attached hydrogens (tertiary/aromatic N) is 2. The van der Waals surface area contributed by atoms with Crippen molar-refractivity contribution in [2.24, 2.45) is 0 Å². The van der Waals surface area contributed by atoms with Crippen molar-refractivity contribution >= 4 is 44.3 Å². The fraction of sp³-hybridized carbons (Fsp3) is 0.263. The van der Waals surface area contributed by atoms with Gasteiger partial charge in [0.1, 0.15) is 6.54 Å². The van der Waals surface area contributed by atoms with Crippen LogP contribution in [0.15, 0.2) is 56.6 Å². The maximum atomic E-state index is 12.8. The summed E-state index contributed by atoms with van der Waals surface area (Å²) in [5.74, 6) is -1.19. The molecular formula is C19H18ClN3O6S. The summed E-state index contributed by atoms with van der Waals surface area (Å²) < 4.78 is 38.4. The Morgan fingerprint density at radius 3 is 2.50 bits per heavy atom. The van der Waals surface area contributed by atoms with E-state index in [-0.39, 0.29) is 30.1 Å². The van der Waals surface area contributed by atoms with Crippen molar-refractivity contribution in [3.05, 3.63) is 58.0 Å². The molecule has 2 heterocycles. The zero-order valence-electron chi connectivity index (χ0n) is 15.7. The van der Waals surface area contributed by atoms with Crippen molar-refractivity contribution in [3.63, 3.8) is 0 Å². The Balaban J connectivity index is 1.58. The molecule has 1 N–H and O–H groups in total. The fourth-order valence-corrected chi connectivity index (χ4v) is 4.72. The van der Waals surface area contributed by atoms with Gasteiger partial charge in [-0.3, -0.25) is 9.36 Å². The normalized spacial score (nSPS) is 15.4. The predicted octanol–water partition coefficient (Wildman–Crippen LogP) is 1.91. The number of rotatable bonds is 5. The average molecular weight is 452 g/mol. The van der Waals surface area contributed by atoms with E-state index in [4.69, 9.17) is 20.8 Å². The number of carbonyl (C=O) groups excluding carboxylic acids is 1. The monoisotopic (exact) mass is 451 g/mol. The van der Waals surface area contributed by atoms with Gasteiger partial charge in [0.2, 0.25) is 15.9 Å². The molecule has 0 aliphatic carbocycles. The second kappa shape index (κ2) is 8.23. The summed E-state index contributed by atoms with van der Waals surface area (Å²) in [5, 5.41) is 3.20. The minimum Gasteiger partial charge on any atom is -0.408 e. The van der Waals surface area contributed by atoms with Crippen molar-refractivity contribution in [1.29, 1.82) is 0 Å². The Labute approximate surface area is 176 Å². The van der Waals surface area contributed by atoms with Crippen LogP contribution in [0.4, 0.5) is 5.69 Å². The number of fused-ring (bicyclic) bond motifs is 1. The molecule has 1 aliphatic heterocycles. The fourth-order valence-electron chi connectivity index (χ4n) is 3.17. The van der Waals surface area contributed by atoms with Crippen LogP contribution in [0.2, 0.25) is 5.02 Å². The van der Waals surface area contributed by atoms with Crippen LogP contribution in [0.1, 0.15) is 0 Å². The third kappa shape index (κ3) is 4.12. The van der Waals surface area contributed by atoms with Gasteiger partial charge in [0.05, 0.1) is 23.6 Å². The third-order valence-corrected chi connectivity index (χ3v) is 6.82. The van der Waals surface area contributed by atoms with Crippen LogP contribution < -0.4 is 11.1 Å². The highest BCUT2D eigenvalue weighted by molar-refractivity contribution is 7.89. The van der Waals surface area contributed by atoms with Crippen LogP contribution in [-0.2, 0) is 26.1 Å². The zero-order valence-corrected chi connectivity index (χ0v) is 17.3. The minimum atomic E-state index is -3.73. The smallest absolute Gasteiger partial charge is 0.408 e.